The maximum Gasteiger partial charge on any atom is 0.390 e. The van der Waals surface area contributed by atoms with E-state index in [1.165, 1.54) is 12.8 Å². The first kappa shape index (κ1) is 22.8. The van der Waals surface area contributed by atoms with E-state index in [2.05, 4.69) is 34.4 Å². The number of hydrogen-bond acceptors (Lipinski definition) is 2. The van der Waals surface area contributed by atoms with Crippen LogP contribution in [0, 0.1) is 5.92 Å². The molecule has 138 valence electrons. The van der Waals surface area contributed by atoms with Crippen LogP contribution in [0.3, 0.4) is 0 Å². The predicted molar refractivity (Wildman–Crippen MR) is 99.5 cm³/mol. The standard InChI is InChI=1S/C15H29F3N4.HI/c1-4-19-14(20-8-7-15(16,17)18)21-11-13(3)22-9-5-12(2)6-10-22;/h12-13H,4-11H2,1-3H3,(H2,19,20,21);1H. The number of alkyl halides is 3. The molecule has 0 aromatic rings. The van der Waals surface area contributed by atoms with Crippen molar-refractivity contribution in [1.29, 1.82) is 0 Å². The summed E-state index contributed by atoms with van der Waals surface area (Å²) in [6, 6.07) is 0.311. The molecule has 0 saturated carbocycles. The van der Waals surface area contributed by atoms with Gasteiger partial charge >= 0.3 is 6.18 Å². The van der Waals surface area contributed by atoms with Crippen molar-refractivity contribution in [1.82, 2.24) is 15.5 Å². The van der Waals surface area contributed by atoms with Gasteiger partial charge in [-0.2, -0.15) is 13.2 Å². The largest absolute Gasteiger partial charge is 0.390 e. The van der Waals surface area contributed by atoms with Crippen molar-refractivity contribution in [2.24, 2.45) is 10.9 Å². The molecule has 1 atom stereocenters. The molecule has 0 radical (unpaired) electrons. The Morgan fingerprint density at radius 3 is 2.39 bits per heavy atom. The van der Waals surface area contributed by atoms with Gasteiger partial charge in [0.2, 0.25) is 0 Å². The van der Waals surface area contributed by atoms with Crippen LogP contribution in [-0.2, 0) is 0 Å². The van der Waals surface area contributed by atoms with Crippen molar-refractivity contribution >= 4 is 29.9 Å². The van der Waals surface area contributed by atoms with Crippen molar-refractivity contribution in [2.45, 2.75) is 52.3 Å². The molecule has 1 aliphatic heterocycles. The molecule has 0 aromatic heterocycles. The van der Waals surface area contributed by atoms with Crippen LogP contribution < -0.4 is 10.6 Å². The molecule has 1 aliphatic rings. The van der Waals surface area contributed by atoms with Crippen molar-refractivity contribution in [3.05, 3.63) is 0 Å². The Labute approximate surface area is 154 Å². The fraction of sp³-hybridized carbons (Fsp3) is 0.933. The van der Waals surface area contributed by atoms with Crippen LogP contribution >= 0.6 is 24.0 Å². The SMILES string of the molecule is CCNC(=NCC(C)N1CCC(C)CC1)NCCC(F)(F)F.I. The summed E-state index contributed by atoms with van der Waals surface area (Å²) in [6.07, 6.45) is -2.57. The number of guanidine groups is 1. The number of likely N-dealkylation sites (tertiary alicyclic amines) is 1. The van der Waals surface area contributed by atoms with Crippen molar-refractivity contribution < 1.29 is 13.2 Å². The van der Waals surface area contributed by atoms with E-state index in [4.69, 9.17) is 0 Å². The summed E-state index contributed by atoms with van der Waals surface area (Å²) in [4.78, 5) is 6.82. The molecule has 0 spiro atoms. The Morgan fingerprint density at radius 1 is 1.26 bits per heavy atom. The Morgan fingerprint density at radius 2 is 1.87 bits per heavy atom. The first-order valence-electron chi connectivity index (χ1n) is 8.14. The van der Waals surface area contributed by atoms with Gasteiger partial charge in [-0.05, 0) is 45.7 Å². The van der Waals surface area contributed by atoms with Crippen molar-refractivity contribution in [3.63, 3.8) is 0 Å². The maximum absolute atomic E-state index is 12.2. The molecule has 1 fully saturated rings. The van der Waals surface area contributed by atoms with Gasteiger partial charge in [0.25, 0.3) is 0 Å². The summed E-state index contributed by atoms with van der Waals surface area (Å²) in [6.45, 7) is 9.53. The van der Waals surface area contributed by atoms with E-state index in [1.807, 2.05) is 6.92 Å². The summed E-state index contributed by atoms with van der Waals surface area (Å²) in [5.74, 6) is 1.25. The van der Waals surface area contributed by atoms with E-state index in [9.17, 15) is 13.2 Å². The van der Waals surface area contributed by atoms with Gasteiger partial charge in [0, 0.05) is 19.1 Å². The van der Waals surface area contributed by atoms with Gasteiger partial charge in [0.1, 0.15) is 0 Å². The second kappa shape index (κ2) is 11.3. The molecular formula is C15H30F3IN4. The minimum atomic E-state index is -4.14. The lowest BCUT2D eigenvalue weighted by molar-refractivity contribution is -0.132. The average Bonchev–Trinajstić information content (AvgIpc) is 2.44. The summed E-state index contributed by atoms with van der Waals surface area (Å²) in [5.41, 5.74) is 0. The second-order valence-electron chi connectivity index (χ2n) is 6.08. The van der Waals surface area contributed by atoms with Crippen LogP contribution in [0.4, 0.5) is 13.2 Å². The van der Waals surface area contributed by atoms with Crippen LogP contribution in [0.2, 0.25) is 0 Å². The highest BCUT2D eigenvalue weighted by Gasteiger charge is 2.26. The number of aliphatic imine (C=N–C) groups is 1. The lowest BCUT2D eigenvalue weighted by Crippen LogP contribution is -2.43. The van der Waals surface area contributed by atoms with Crippen molar-refractivity contribution in [2.75, 3.05) is 32.7 Å². The number of halogens is 4. The monoisotopic (exact) mass is 450 g/mol. The van der Waals surface area contributed by atoms with Gasteiger partial charge in [0.05, 0.1) is 13.0 Å². The first-order chi connectivity index (χ1) is 10.3. The van der Waals surface area contributed by atoms with Crippen LogP contribution in [0.1, 0.15) is 40.0 Å². The highest BCUT2D eigenvalue weighted by Crippen LogP contribution is 2.18. The Kier molecular flexibility index (Phi) is 11.2. The van der Waals surface area contributed by atoms with Crippen LogP contribution in [0.15, 0.2) is 4.99 Å². The molecule has 0 amide bonds. The Bertz CT molecular complexity index is 342. The zero-order valence-electron chi connectivity index (χ0n) is 14.2. The number of nitrogens with one attached hydrogen (secondary N) is 2. The van der Waals surface area contributed by atoms with Crippen LogP contribution in [-0.4, -0.2) is 55.8 Å². The van der Waals surface area contributed by atoms with Gasteiger partial charge in [-0.3, -0.25) is 9.89 Å². The molecule has 1 rings (SSSR count). The Balaban J connectivity index is 0.00000484. The van der Waals surface area contributed by atoms with Crippen LogP contribution in [0.25, 0.3) is 0 Å². The first-order valence-corrected chi connectivity index (χ1v) is 8.14. The number of hydrogen-bond donors (Lipinski definition) is 2. The highest BCUT2D eigenvalue weighted by atomic mass is 127. The van der Waals surface area contributed by atoms with E-state index < -0.39 is 12.6 Å². The number of nitrogens with zero attached hydrogens (tertiary/aromatic N) is 2. The fourth-order valence-electron chi connectivity index (χ4n) is 2.47. The third-order valence-corrected chi connectivity index (χ3v) is 4.00. The summed E-state index contributed by atoms with van der Waals surface area (Å²) in [5, 5.41) is 5.73. The van der Waals surface area contributed by atoms with E-state index in [0.717, 1.165) is 19.0 Å². The van der Waals surface area contributed by atoms with E-state index >= 15 is 0 Å². The van der Waals surface area contributed by atoms with E-state index in [0.29, 0.717) is 25.1 Å². The van der Waals surface area contributed by atoms with Crippen LogP contribution in [0.5, 0.6) is 0 Å². The molecule has 1 saturated heterocycles. The molecule has 23 heavy (non-hydrogen) atoms. The highest BCUT2D eigenvalue weighted by molar-refractivity contribution is 14.0. The fourth-order valence-corrected chi connectivity index (χ4v) is 2.47. The van der Waals surface area contributed by atoms with Gasteiger partial charge in [-0.15, -0.1) is 24.0 Å². The molecule has 1 unspecified atom stereocenters. The van der Waals surface area contributed by atoms with E-state index in [1.54, 1.807) is 0 Å². The molecular weight excluding hydrogens is 420 g/mol. The summed E-state index contributed by atoms with van der Waals surface area (Å²) in [7, 11) is 0. The van der Waals surface area contributed by atoms with Gasteiger partial charge in [-0.1, -0.05) is 6.92 Å². The van der Waals surface area contributed by atoms with E-state index in [-0.39, 0.29) is 30.5 Å². The predicted octanol–water partition coefficient (Wildman–Crippen LogP) is 3.23. The third-order valence-electron chi connectivity index (χ3n) is 4.00. The number of rotatable bonds is 6. The zero-order valence-corrected chi connectivity index (χ0v) is 16.6. The molecule has 0 bridgehead atoms. The summed E-state index contributed by atoms with van der Waals surface area (Å²) < 4.78 is 36.5. The van der Waals surface area contributed by atoms with Gasteiger partial charge < -0.3 is 10.6 Å². The lowest BCUT2D eigenvalue weighted by atomic mass is 9.98. The third kappa shape index (κ3) is 10.3. The molecule has 1 heterocycles. The quantitative estimate of drug-likeness (QED) is 0.371. The smallest absolute Gasteiger partial charge is 0.357 e. The molecule has 4 nitrogen and oxygen atoms in total. The minimum Gasteiger partial charge on any atom is -0.357 e. The number of piperidine rings is 1. The molecule has 2 N–H and O–H groups in total. The topological polar surface area (TPSA) is 39.7 Å². The second-order valence-corrected chi connectivity index (χ2v) is 6.08. The Hall–Kier alpha value is -0.250. The average molecular weight is 450 g/mol. The molecule has 0 aliphatic carbocycles. The maximum atomic E-state index is 12.2. The van der Waals surface area contributed by atoms with Gasteiger partial charge in [-0.25, -0.2) is 0 Å². The van der Waals surface area contributed by atoms with Gasteiger partial charge in [0.15, 0.2) is 5.96 Å². The minimum absolute atomic E-state index is 0. The zero-order chi connectivity index (χ0) is 16.6. The normalized spacial score (nSPS) is 19.1. The molecule has 8 heteroatoms. The molecule has 0 aromatic carbocycles. The summed E-state index contributed by atoms with van der Waals surface area (Å²) >= 11 is 0. The lowest BCUT2D eigenvalue weighted by Gasteiger charge is -2.34. The van der Waals surface area contributed by atoms with Crippen molar-refractivity contribution in [3.8, 4) is 0 Å².